The summed E-state index contributed by atoms with van der Waals surface area (Å²) in [4.78, 5) is 27.4. The summed E-state index contributed by atoms with van der Waals surface area (Å²) >= 11 is 3.31. The number of carbonyl (C=O) groups is 2. The van der Waals surface area contributed by atoms with Gasteiger partial charge >= 0.3 is 0 Å². The van der Waals surface area contributed by atoms with E-state index in [4.69, 9.17) is 0 Å². The maximum absolute atomic E-state index is 13.4. The minimum atomic E-state index is -3.79. The van der Waals surface area contributed by atoms with E-state index in [0.717, 1.165) is 10.6 Å². The van der Waals surface area contributed by atoms with E-state index in [0.29, 0.717) is 22.3 Å². The van der Waals surface area contributed by atoms with Gasteiger partial charge in [-0.2, -0.15) is 0 Å². The van der Waals surface area contributed by atoms with Crippen LogP contribution < -0.4 is 9.62 Å². The smallest absolute Gasteiger partial charge is 0.244 e. The number of anilines is 1. The van der Waals surface area contributed by atoms with E-state index in [2.05, 4.69) is 21.2 Å². The molecule has 2 rings (SSSR count). The normalized spacial score (nSPS) is 12.3. The summed E-state index contributed by atoms with van der Waals surface area (Å²) in [6.45, 7) is 5.46. The van der Waals surface area contributed by atoms with Crippen molar-refractivity contribution in [3.05, 3.63) is 64.4 Å². The Hall–Kier alpha value is -2.46. The molecule has 7 nitrogen and oxygen atoms in total. The summed E-state index contributed by atoms with van der Waals surface area (Å²) in [5, 5.41) is 2.80. The first-order chi connectivity index (χ1) is 15.4. The highest BCUT2D eigenvalue weighted by Gasteiger charge is 2.30. The first kappa shape index (κ1) is 26.8. The fourth-order valence-corrected chi connectivity index (χ4v) is 4.30. The van der Waals surface area contributed by atoms with Gasteiger partial charge in [0.15, 0.2) is 0 Å². The van der Waals surface area contributed by atoms with Gasteiger partial charge in [0.05, 0.1) is 11.9 Å². The van der Waals surface area contributed by atoms with Gasteiger partial charge in [0, 0.05) is 17.6 Å². The number of nitrogens with zero attached hydrogens (tertiary/aromatic N) is 2. The number of halogens is 2. The van der Waals surface area contributed by atoms with Gasteiger partial charge < -0.3 is 10.2 Å². The first-order valence-corrected chi connectivity index (χ1v) is 13.1. The lowest BCUT2D eigenvalue weighted by Crippen LogP contribution is -2.51. The number of hydrogen-bond donors (Lipinski definition) is 1. The summed E-state index contributed by atoms with van der Waals surface area (Å²) in [6, 6.07) is 11.3. The summed E-state index contributed by atoms with van der Waals surface area (Å²) in [5.41, 5.74) is 0.931. The molecule has 0 bridgehead atoms. The first-order valence-electron chi connectivity index (χ1n) is 10.4. The van der Waals surface area contributed by atoms with Crippen molar-refractivity contribution >= 4 is 43.5 Å². The molecule has 0 aliphatic rings. The van der Waals surface area contributed by atoms with Crippen molar-refractivity contribution in [3.63, 3.8) is 0 Å². The molecule has 0 radical (unpaired) electrons. The van der Waals surface area contributed by atoms with Crippen LogP contribution in [0.1, 0.15) is 26.3 Å². The molecular weight excluding hydrogens is 513 g/mol. The molecule has 1 N–H and O–H groups in total. The Morgan fingerprint density at radius 2 is 1.73 bits per heavy atom. The molecule has 10 heteroatoms. The third-order valence-electron chi connectivity index (χ3n) is 4.89. The maximum atomic E-state index is 13.4. The zero-order chi connectivity index (χ0) is 24.8. The van der Waals surface area contributed by atoms with Crippen molar-refractivity contribution in [1.82, 2.24) is 10.2 Å². The number of sulfonamides is 1. The lowest BCUT2D eigenvalue weighted by molar-refractivity contribution is -0.139. The van der Waals surface area contributed by atoms with E-state index in [-0.39, 0.29) is 18.4 Å². The second kappa shape index (κ2) is 11.6. The Balaban J connectivity index is 2.35. The Morgan fingerprint density at radius 1 is 1.09 bits per heavy atom. The van der Waals surface area contributed by atoms with Crippen LogP contribution in [0.4, 0.5) is 10.1 Å². The van der Waals surface area contributed by atoms with Crippen molar-refractivity contribution in [2.24, 2.45) is 5.92 Å². The predicted molar refractivity (Wildman–Crippen MR) is 131 cm³/mol. The highest BCUT2D eigenvalue weighted by molar-refractivity contribution is 9.10. The van der Waals surface area contributed by atoms with Gasteiger partial charge in [0.25, 0.3) is 0 Å². The van der Waals surface area contributed by atoms with E-state index in [1.807, 2.05) is 13.8 Å². The SMILES string of the molecule is CC(C)CNC(=O)[C@H](C)N(Cc1ccc(F)cc1)C(=O)CN(c1cccc(Br)c1)S(C)(=O)=O. The third-order valence-corrected chi connectivity index (χ3v) is 6.53. The van der Waals surface area contributed by atoms with E-state index in [1.165, 1.54) is 29.2 Å². The zero-order valence-corrected chi connectivity index (χ0v) is 21.5. The van der Waals surface area contributed by atoms with Gasteiger partial charge in [0.1, 0.15) is 18.4 Å². The van der Waals surface area contributed by atoms with E-state index >= 15 is 0 Å². The molecule has 2 amide bonds. The van der Waals surface area contributed by atoms with Crippen LogP contribution >= 0.6 is 15.9 Å². The van der Waals surface area contributed by atoms with E-state index in [1.54, 1.807) is 31.2 Å². The van der Waals surface area contributed by atoms with Gasteiger partial charge in [0.2, 0.25) is 21.8 Å². The van der Waals surface area contributed by atoms with Gasteiger partial charge in [-0.3, -0.25) is 13.9 Å². The Kier molecular flexibility index (Phi) is 9.42. The molecule has 0 aliphatic carbocycles. The van der Waals surface area contributed by atoms with Crippen LogP contribution in [0.2, 0.25) is 0 Å². The van der Waals surface area contributed by atoms with Crippen LogP contribution in [0.3, 0.4) is 0 Å². The van der Waals surface area contributed by atoms with Crippen LogP contribution in [0, 0.1) is 11.7 Å². The number of carbonyl (C=O) groups excluding carboxylic acids is 2. The Labute approximate surface area is 203 Å². The number of benzene rings is 2. The fraction of sp³-hybridized carbons (Fsp3) is 0.391. The standard InChI is InChI=1S/C23H29BrFN3O4S/c1-16(2)13-26-23(30)17(3)27(14-18-8-10-20(25)11-9-18)22(29)15-28(33(4,31)32)21-7-5-6-19(24)12-21/h5-12,16-17H,13-15H2,1-4H3,(H,26,30)/t17-/m0/s1. The van der Waals surface area contributed by atoms with Gasteiger partial charge in [-0.1, -0.05) is 48.0 Å². The molecule has 2 aromatic rings. The molecule has 180 valence electrons. The molecule has 1 atom stereocenters. The monoisotopic (exact) mass is 541 g/mol. The van der Waals surface area contributed by atoms with Crippen LogP contribution in [0.5, 0.6) is 0 Å². The third kappa shape index (κ3) is 8.12. The van der Waals surface area contributed by atoms with Gasteiger partial charge in [-0.25, -0.2) is 12.8 Å². The van der Waals surface area contributed by atoms with Crippen LogP contribution in [-0.2, 0) is 26.2 Å². The predicted octanol–water partition coefficient (Wildman–Crippen LogP) is 3.54. The van der Waals surface area contributed by atoms with Crippen LogP contribution in [0.25, 0.3) is 0 Å². The molecule has 0 aliphatic heterocycles. The molecule has 0 aromatic heterocycles. The van der Waals surface area contributed by atoms with Gasteiger partial charge in [-0.05, 0) is 48.7 Å². The number of amides is 2. The number of nitrogens with one attached hydrogen (secondary N) is 1. The average molecular weight is 542 g/mol. The molecule has 33 heavy (non-hydrogen) atoms. The highest BCUT2D eigenvalue weighted by atomic mass is 79.9. The molecule has 0 fully saturated rings. The molecule has 0 unspecified atom stereocenters. The Bertz CT molecular complexity index is 1080. The molecule has 0 saturated carbocycles. The lowest BCUT2D eigenvalue weighted by atomic mass is 10.1. The maximum Gasteiger partial charge on any atom is 0.244 e. The summed E-state index contributed by atoms with van der Waals surface area (Å²) in [5.74, 6) is -1.11. The minimum Gasteiger partial charge on any atom is -0.354 e. The summed E-state index contributed by atoms with van der Waals surface area (Å²) in [7, 11) is -3.79. The van der Waals surface area contributed by atoms with Crippen LogP contribution in [0.15, 0.2) is 53.0 Å². The Morgan fingerprint density at radius 3 is 2.27 bits per heavy atom. The van der Waals surface area contributed by atoms with Gasteiger partial charge in [-0.15, -0.1) is 0 Å². The zero-order valence-electron chi connectivity index (χ0n) is 19.1. The molecule has 0 heterocycles. The van der Waals surface area contributed by atoms with E-state index in [9.17, 15) is 22.4 Å². The van der Waals surface area contributed by atoms with Crippen molar-refractivity contribution in [1.29, 1.82) is 0 Å². The molecule has 2 aromatic carbocycles. The largest absolute Gasteiger partial charge is 0.354 e. The molecule has 0 spiro atoms. The highest BCUT2D eigenvalue weighted by Crippen LogP contribution is 2.23. The lowest BCUT2D eigenvalue weighted by Gasteiger charge is -2.31. The minimum absolute atomic E-state index is 0.0193. The quantitative estimate of drug-likeness (QED) is 0.498. The molecule has 0 saturated heterocycles. The summed E-state index contributed by atoms with van der Waals surface area (Å²) in [6.07, 6.45) is 1.02. The van der Waals surface area contributed by atoms with Crippen LogP contribution in [-0.4, -0.2) is 50.5 Å². The number of rotatable bonds is 10. The van der Waals surface area contributed by atoms with E-state index < -0.39 is 34.3 Å². The average Bonchev–Trinajstić information content (AvgIpc) is 2.73. The summed E-state index contributed by atoms with van der Waals surface area (Å²) < 4.78 is 40.0. The van der Waals surface area contributed by atoms with Crippen molar-refractivity contribution in [2.75, 3.05) is 23.7 Å². The van der Waals surface area contributed by atoms with Crippen molar-refractivity contribution in [3.8, 4) is 0 Å². The second-order valence-electron chi connectivity index (χ2n) is 8.21. The second-order valence-corrected chi connectivity index (χ2v) is 11.0. The van der Waals surface area contributed by atoms with Crippen molar-refractivity contribution < 1.29 is 22.4 Å². The fourth-order valence-electron chi connectivity index (χ4n) is 3.07. The molecular formula is C23H29BrFN3O4S. The van der Waals surface area contributed by atoms with Crippen molar-refractivity contribution in [2.45, 2.75) is 33.4 Å². The topological polar surface area (TPSA) is 86.8 Å². The number of hydrogen-bond acceptors (Lipinski definition) is 4.